The van der Waals surface area contributed by atoms with E-state index in [1.165, 1.54) is 0 Å². The highest BCUT2D eigenvalue weighted by Crippen LogP contribution is 2.02. The molecule has 0 heterocycles. The first-order valence-electron chi connectivity index (χ1n) is 2.01. The van der Waals surface area contributed by atoms with Crippen LogP contribution in [0.15, 0.2) is 37.0 Å². The molecular formula is C6H6F2. The van der Waals surface area contributed by atoms with Crippen LogP contribution in [0.5, 0.6) is 0 Å². The second kappa shape index (κ2) is 3.13. The molecule has 8 heavy (non-hydrogen) atoms. The maximum Gasteiger partial charge on any atom is 0.125 e. The fourth-order valence-electron chi connectivity index (χ4n) is 0.209. The lowest BCUT2D eigenvalue weighted by atomic mass is 10.4. The summed E-state index contributed by atoms with van der Waals surface area (Å²) in [4.78, 5) is 0. The van der Waals surface area contributed by atoms with Crippen LogP contribution in [-0.4, -0.2) is 0 Å². The third-order valence-electron chi connectivity index (χ3n) is 0.490. The van der Waals surface area contributed by atoms with Gasteiger partial charge in [0.2, 0.25) is 0 Å². The van der Waals surface area contributed by atoms with E-state index in [0.717, 1.165) is 6.08 Å². The zero-order valence-corrected chi connectivity index (χ0v) is 4.32. The Balaban J connectivity index is 3.94. The zero-order valence-electron chi connectivity index (χ0n) is 4.32. The Bertz CT molecular complexity index is 133. The summed E-state index contributed by atoms with van der Waals surface area (Å²) in [5.41, 5.74) is 0. The Morgan fingerprint density at radius 2 is 1.88 bits per heavy atom. The Morgan fingerprint density at radius 1 is 1.38 bits per heavy atom. The molecule has 0 aromatic carbocycles. The van der Waals surface area contributed by atoms with Crippen molar-refractivity contribution in [1.82, 2.24) is 0 Å². The van der Waals surface area contributed by atoms with E-state index in [2.05, 4.69) is 13.2 Å². The zero-order chi connectivity index (χ0) is 6.57. The number of hydrogen-bond acceptors (Lipinski definition) is 0. The van der Waals surface area contributed by atoms with Crippen LogP contribution in [0, 0.1) is 0 Å². The van der Waals surface area contributed by atoms with E-state index in [9.17, 15) is 8.78 Å². The molecule has 0 aliphatic heterocycles. The van der Waals surface area contributed by atoms with Gasteiger partial charge in [-0.05, 0) is 6.08 Å². The van der Waals surface area contributed by atoms with Gasteiger partial charge < -0.3 is 0 Å². The summed E-state index contributed by atoms with van der Waals surface area (Å²) in [6, 6.07) is 0. The van der Waals surface area contributed by atoms with E-state index in [-0.39, 0.29) is 0 Å². The Morgan fingerprint density at radius 3 is 2.00 bits per heavy atom. The smallest absolute Gasteiger partial charge is 0.125 e. The second-order valence-electron chi connectivity index (χ2n) is 1.18. The van der Waals surface area contributed by atoms with Gasteiger partial charge in [0.25, 0.3) is 0 Å². The van der Waals surface area contributed by atoms with Crippen molar-refractivity contribution in [3.63, 3.8) is 0 Å². The third kappa shape index (κ3) is 3.28. The highest BCUT2D eigenvalue weighted by Gasteiger charge is 1.85. The summed E-state index contributed by atoms with van der Waals surface area (Å²) in [7, 11) is 0. The molecule has 0 aromatic heterocycles. The van der Waals surface area contributed by atoms with Gasteiger partial charge in [0.05, 0.1) is 0 Å². The first-order chi connectivity index (χ1) is 3.66. The molecule has 2 heteroatoms. The Hall–Kier alpha value is -0.920. The lowest BCUT2D eigenvalue weighted by Gasteiger charge is -1.80. The molecule has 0 amide bonds. The molecule has 0 aliphatic carbocycles. The number of allylic oxidation sites excluding steroid dienone is 4. The molecule has 0 unspecified atom stereocenters. The predicted octanol–water partition coefficient (Wildman–Crippen LogP) is 2.51. The lowest BCUT2D eigenvalue weighted by molar-refractivity contribution is 0.633. The highest BCUT2D eigenvalue weighted by atomic mass is 19.1. The van der Waals surface area contributed by atoms with Gasteiger partial charge in [0.1, 0.15) is 11.7 Å². The quantitative estimate of drug-likeness (QED) is 0.486. The molecule has 0 bridgehead atoms. The topological polar surface area (TPSA) is 0 Å². The van der Waals surface area contributed by atoms with Crippen LogP contribution in [-0.2, 0) is 0 Å². The van der Waals surface area contributed by atoms with E-state index in [4.69, 9.17) is 0 Å². The first kappa shape index (κ1) is 7.08. The third-order valence-corrected chi connectivity index (χ3v) is 0.490. The van der Waals surface area contributed by atoms with Gasteiger partial charge in [0, 0.05) is 6.08 Å². The van der Waals surface area contributed by atoms with E-state index in [1.807, 2.05) is 0 Å². The summed E-state index contributed by atoms with van der Waals surface area (Å²) >= 11 is 0. The summed E-state index contributed by atoms with van der Waals surface area (Å²) in [6.07, 6.45) is 1.57. The van der Waals surface area contributed by atoms with Crippen molar-refractivity contribution in [2.45, 2.75) is 0 Å². The molecule has 0 radical (unpaired) electrons. The van der Waals surface area contributed by atoms with E-state index < -0.39 is 11.7 Å². The summed E-state index contributed by atoms with van der Waals surface area (Å²) in [5.74, 6) is -1.51. The summed E-state index contributed by atoms with van der Waals surface area (Å²) in [5, 5.41) is 0. The molecule has 44 valence electrons. The van der Waals surface area contributed by atoms with Crippen molar-refractivity contribution < 1.29 is 8.78 Å². The van der Waals surface area contributed by atoms with Gasteiger partial charge in [-0.25, -0.2) is 8.78 Å². The fraction of sp³-hybridized carbons (Fsp3) is 0. The van der Waals surface area contributed by atoms with Crippen molar-refractivity contribution in [3.05, 3.63) is 37.0 Å². The lowest BCUT2D eigenvalue weighted by Crippen LogP contribution is -1.63. The molecule has 0 fully saturated rings. The summed E-state index contributed by atoms with van der Waals surface area (Å²) in [6.45, 7) is 5.87. The maximum absolute atomic E-state index is 11.8. The molecular weight excluding hydrogens is 110 g/mol. The summed E-state index contributed by atoms with van der Waals surface area (Å²) < 4.78 is 23.4. The minimum absolute atomic E-state index is 0.660. The molecule has 0 nitrogen and oxygen atoms in total. The largest absolute Gasteiger partial charge is 0.208 e. The SMILES string of the molecule is C=C/C(F)=C\C(=C)F. The van der Waals surface area contributed by atoms with Crippen LogP contribution in [0.1, 0.15) is 0 Å². The van der Waals surface area contributed by atoms with Crippen LogP contribution >= 0.6 is 0 Å². The van der Waals surface area contributed by atoms with Crippen LogP contribution in [0.2, 0.25) is 0 Å². The van der Waals surface area contributed by atoms with Gasteiger partial charge >= 0.3 is 0 Å². The molecule has 0 atom stereocenters. The minimum Gasteiger partial charge on any atom is -0.208 e. The Labute approximate surface area is 46.8 Å². The highest BCUT2D eigenvalue weighted by molar-refractivity contribution is 5.17. The van der Waals surface area contributed by atoms with Crippen LogP contribution < -0.4 is 0 Å². The molecule has 0 aliphatic rings. The molecule has 0 N–H and O–H groups in total. The average Bonchev–Trinajstić information content (AvgIpc) is 1.65. The van der Waals surface area contributed by atoms with Crippen molar-refractivity contribution in [3.8, 4) is 0 Å². The molecule has 0 rings (SSSR count). The fourth-order valence-corrected chi connectivity index (χ4v) is 0.209. The van der Waals surface area contributed by atoms with E-state index in [1.54, 1.807) is 0 Å². The minimum atomic E-state index is -0.803. The number of hydrogen-bond donors (Lipinski definition) is 0. The van der Waals surface area contributed by atoms with Crippen LogP contribution in [0.4, 0.5) is 8.78 Å². The van der Waals surface area contributed by atoms with Gasteiger partial charge in [-0.1, -0.05) is 13.2 Å². The van der Waals surface area contributed by atoms with Crippen molar-refractivity contribution in [2.24, 2.45) is 0 Å². The first-order valence-corrected chi connectivity index (χ1v) is 2.01. The van der Waals surface area contributed by atoms with Crippen LogP contribution in [0.25, 0.3) is 0 Å². The van der Waals surface area contributed by atoms with Gasteiger partial charge in [-0.15, -0.1) is 0 Å². The molecule has 0 spiro atoms. The van der Waals surface area contributed by atoms with E-state index >= 15 is 0 Å². The predicted molar refractivity (Wildman–Crippen MR) is 29.6 cm³/mol. The molecule has 0 saturated carbocycles. The number of halogens is 2. The Kier molecular flexibility index (Phi) is 2.77. The number of rotatable bonds is 2. The molecule has 0 saturated heterocycles. The average molecular weight is 116 g/mol. The van der Waals surface area contributed by atoms with Gasteiger partial charge in [0.15, 0.2) is 0 Å². The van der Waals surface area contributed by atoms with Gasteiger partial charge in [-0.2, -0.15) is 0 Å². The normalized spacial score (nSPS) is 11.0. The molecule has 0 aromatic rings. The van der Waals surface area contributed by atoms with Crippen molar-refractivity contribution in [2.75, 3.05) is 0 Å². The van der Waals surface area contributed by atoms with Gasteiger partial charge in [-0.3, -0.25) is 0 Å². The van der Waals surface area contributed by atoms with Crippen LogP contribution in [0.3, 0.4) is 0 Å². The second-order valence-corrected chi connectivity index (χ2v) is 1.18. The van der Waals surface area contributed by atoms with Crippen molar-refractivity contribution >= 4 is 0 Å². The standard InChI is InChI=1S/C6H6F2/c1-3-6(8)4-5(2)7/h3-4H,1-2H2/b6-4+. The monoisotopic (exact) mass is 116 g/mol. The van der Waals surface area contributed by atoms with Crippen molar-refractivity contribution in [1.29, 1.82) is 0 Å². The van der Waals surface area contributed by atoms with E-state index in [0.29, 0.717) is 6.08 Å². The maximum atomic E-state index is 11.8.